The van der Waals surface area contributed by atoms with Crippen LogP contribution in [0.1, 0.15) is 54.4 Å². The van der Waals surface area contributed by atoms with E-state index in [0.29, 0.717) is 10.8 Å². The fourth-order valence-corrected chi connectivity index (χ4v) is 3.96. The normalized spacial score (nSPS) is 27.9. The minimum absolute atomic E-state index is 0.526. The van der Waals surface area contributed by atoms with Gasteiger partial charge in [0.05, 0.1) is 0 Å². The van der Waals surface area contributed by atoms with Crippen molar-refractivity contribution >= 4 is 0 Å². The van der Waals surface area contributed by atoms with Gasteiger partial charge in [0.1, 0.15) is 0 Å². The molecule has 2 heteroatoms. The maximum atomic E-state index is 3.84. The van der Waals surface area contributed by atoms with Gasteiger partial charge in [0, 0.05) is 12.6 Å². The second-order valence-corrected chi connectivity index (χ2v) is 8.37. The van der Waals surface area contributed by atoms with E-state index in [2.05, 4.69) is 51.8 Å². The van der Waals surface area contributed by atoms with Gasteiger partial charge < -0.3 is 10.2 Å². The van der Waals surface area contributed by atoms with Gasteiger partial charge in [0.25, 0.3) is 0 Å². The second kappa shape index (κ2) is 5.37. The van der Waals surface area contributed by atoms with Crippen molar-refractivity contribution in [2.45, 2.75) is 60.4 Å². The zero-order valence-corrected chi connectivity index (χ0v) is 13.9. The lowest BCUT2D eigenvalue weighted by Crippen LogP contribution is -2.44. The molecule has 0 atom stereocenters. The SMILES string of the molecule is CC(C)CN1CCC(NCC2C(C)(C)C2(C)C)CC1. The highest BCUT2D eigenvalue weighted by Crippen LogP contribution is 2.67. The fourth-order valence-electron chi connectivity index (χ4n) is 3.96. The van der Waals surface area contributed by atoms with E-state index >= 15 is 0 Å². The van der Waals surface area contributed by atoms with Crippen LogP contribution in [0.4, 0.5) is 0 Å². The zero-order chi connectivity index (χ0) is 14.3. The highest BCUT2D eigenvalue weighted by Gasteiger charge is 2.63. The van der Waals surface area contributed by atoms with Gasteiger partial charge >= 0.3 is 0 Å². The van der Waals surface area contributed by atoms with E-state index in [-0.39, 0.29) is 0 Å². The van der Waals surface area contributed by atoms with Crippen LogP contribution in [0.5, 0.6) is 0 Å². The largest absolute Gasteiger partial charge is 0.314 e. The van der Waals surface area contributed by atoms with E-state index in [1.807, 2.05) is 0 Å². The lowest BCUT2D eigenvalue weighted by molar-refractivity contribution is 0.178. The standard InChI is InChI=1S/C17H34N2/c1-13(2)12-19-9-7-14(8-10-19)18-11-15-16(3,4)17(15,5)6/h13-15,18H,7-12H2,1-6H3. The predicted octanol–water partition coefficient (Wildman–Crippen LogP) is 3.38. The Balaban J connectivity index is 1.67. The molecule has 1 N–H and O–H groups in total. The molecule has 0 spiro atoms. The van der Waals surface area contributed by atoms with Gasteiger partial charge in [-0.05, 0) is 55.1 Å². The van der Waals surface area contributed by atoms with Gasteiger partial charge in [-0.2, -0.15) is 0 Å². The predicted molar refractivity (Wildman–Crippen MR) is 83.4 cm³/mol. The number of likely N-dealkylation sites (tertiary alicyclic amines) is 1. The van der Waals surface area contributed by atoms with Crippen LogP contribution in [0.15, 0.2) is 0 Å². The molecule has 19 heavy (non-hydrogen) atoms. The van der Waals surface area contributed by atoms with Crippen LogP contribution in [-0.4, -0.2) is 37.1 Å². The third-order valence-corrected chi connectivity index (χ3v) is 6.14. The number of nitrogens with zero attached hydrogens (tertiary/aromatic N) is 1. The van der Waals surface area contributed by atoms with Crippen LogP contribution < -0.4 is 5.32 Å². The summed E-state index contributed by atoms with van der Waals surface area (Å²) in [6, 6.07) is 0.760. The summed E-state index contributed by atoms with van der Waals surface area (Å²) >= 11 is 0. The summed E-state index contributed by atoms with van der Waals surface area (Å²) in [6.45, 7) is 19.4. The molecule has 0 aromatic carbocycles. The van der Waals surface area contributed by atoms with Crippen molar-refractivity contribution in [3.8, 4) is 0 Å². The molecule has 0 bridgehead atoms. The first-order valence-corrected chi connectivity index (χ1v) is 8.21. The summed E-state index contributed by atoms with van der Waals surface area (Å²) in [5.74, 6) is 1.66. The molecule has 0 amide bonds. The maximum absolute atomic E-state index is 3.84. The van der Waals surface area contributed by atoms with Crippen LogP contribution in [0.2, 0.25) is 0 Å². The monoisotopic (exact) mass is 266 g/mol. The lowest BCUT2D eigenvalue weighted by atomic mass is 10.0. The minimum atomic E-state index is 0.526. The topological polar surface area (TPSA) is 15.3 Å². The maximum Gasteiger partial charge on any atom is 0.00915 e. The van der Waals surface area contributed by atoms with Gasteiger partial charge in [-0.1, -0.05) is 41.5 Å². The molecular weight excluding hydrogens is 232 g/mol. The van der Waals surface area contributed by atoms with Gasteiger partial charge in [-0.3, -0.25) is 0 Å². The molecule has 2 fully saturated rings. The van der Waals surface area contributed by atoms with Gasteiger partial charge in [-0.25, -0.2) is 0 Å². The molecule has 1 aliphatic carbocycles. The highest BCUT2D eigenvalue weighted by atomic mass is 15.1. The Hall–Kier alpha value is -0.0800. The molecule has 2 rings (SSSR count). The summed E-state index contributed by atoms with van der Waals surface area (Å²) in [5.41, 5.74) is 1.05. The number of piperidine rings is 1. The van der Waals surface area contributed by atoms with E-state index < -0.39 is 0 Å². The average molecular weight is 266 g/mol. The molecule has 0 unspecified atom stereocenters. The summed E-state index contributed by atoms with van der Waals surface area (Å²) in [4.78, 5) is 2.63. The van der Waals surface area contributed by atoms with Crippen molar-refractivity contribution in [2.24, 2.45) is 22.7 Å². The lowest BCUT2D eigenvalue weighted by Gasteiger charge is -2.33. The Morgan fingerprint density at radius 3 is 2.00 bits per heavy atom. The van der Waals surface area contributed by atoms with Crippen LogP contribution >= 0.6 is 0 Å². The summed E-state index contributed by atoms with van der Waals surface area (Å²) in [7, 11) is 0. The molecule has 0 aromatic rings. The van der Waals surface area contributed by atoms with Gasteiger partial charge in [0.15, 0.2) is 0 Å². The average Bonchev–Trinajstić information content (AvgIpc) is 2.68. The minimum Gasteiger partial charge on any atom is -0.314 e. The van der Waals surface area contributed by atoms with Gasteiger partial charge in [0.2, 0.25) is 0 Å². The van der Waals surface area contributed by atoms with Crippen molar-refractivity contribution in [3.05, 3.63) is 0 Å². The van der Waals surface area contributed by atoms with Crippen molar-refractivity contribution in [1.29, 1.82) is 0 Å². The molecule has 1 heterocycles. The van der Waals surface area contributed by atoms with E-state index in [4.69, 9.17) is 0 Å². The smallest absolute Gasteiger partial charge is 0.00915 e. The molecule has 1 aliphatic heterocycles. The first kappa shape index (κ1) is 15.3. The van der Waals surface area contributed by atoms with E-state index in [0.717, 1.165) is 17.9 Å². The second-order valence-electron chi connectivity index (χ2n) is 8.37. The Kier molecular flexibility index (Phi) is 4.32. The number of rotatable bonds is 5. The van der Waals surface area contributed by atoms with E-state index in [1.54, 1.807) is 0 Å². The molecule has 112 valence electrons. The van der Waals surface area contributed by atoms with Crippen molar-refractivity contribution in [1.82, 2.24) is 10.2 Å². The highest BCUT2D eigenvalue weighted by molar-refractivity contribution is 5.13. The molecule has 2 aliphatic rings. The fraction of sp³-hybridized carbons (Fsp3) is 1.00. The van der Waals surface area contributed by atoms with Crippen LogP contribution in [-0.2, 0) is 0 Å². The third-order valence-electron chi connectivity index (χ3n) is 6.14. The Labute approximate surface area is 120 Å². The van der Waals surface area contributed by atoms with Crippen molar-refractivity contribution in [3.63, 3.8) is 0 Å². The first-order chi connectivity index (χ1) is 8.75. The Morgan fingerprint density at radius 2 is 1.58 bits per heavy atom. The van der Waals surface area contributed by atoms with Crippen molar-refractivity contribution < 1.29 is 0 Å². The molecule has 2 nitrogen and oxygen atoms in total. The Morgan fingerprint density at radius 1 is 1.05 bits per heavy atom. The van der Waals surface area contributed by atoms with Crippen LogP contribution in [0.25, 0.3) is 0 Å². The van der Waals surface area contributed by atoms with Gasteiger partial charge in [-0.15, -0.1) is 0 Å². The zero-order valence-electron chi connectivity index (χ0n) is 13.9. The summed E-state index contributed by atoms with van der Waals surface area (Å²) in [6.07, 6.45) is 2.67. The molecular formula is C17H34N2. The number of hydrogen-bond acceptors (Lipinski definition) is 2. The van der Waals surface area contributed by atoms with Crippen molar-refractivity contribution in [2.75, 3.05) is 26.2 Å². The summed E-state index contributed by atoms with van der Waals surface area (Å²) in [5, 5.41) is 3.84. The van der Waals surface area contributed by atoms with Crippen LogP contribution in [0.3, 0.4) is 0 Å². The summed E-state index contributed by atoms with van der Waals surface area (Å²) < 4.78 is 0. The molecule has 1 saturated carbocycles. The van der Waals surface area contributed by atoms with E-state index in [1.165, 1.54) is 39.0 Å². The number of hydrogen-bond donors (Lipinski definition) is 1. The molecule has 0 radical (unpaired) electrons. The third kappa shape index (κ3) is 3.16. The number of nitrogens with one attached hydrogen (secondary N) is 1. The Bertz CT molecular complexity index is 284. The molecule has 0 aromatic heterocycles. The quantitative estimate of drug-likeness (QED) is 0.820. The first-order valence-electron chi connectivity index (χ1n) is 8.21. The molecule has 1 saturated heterocycles. The van der Waals surface area contributed by atoms with Crippen LogP contribution in [0, 0.1) is 22.7 Å². The van der Waals surface area contributed by atoms with E-state index in [9.17, 15) is 0 Å².